The summed E-state index contributed by atoms with van der Waals surface area (Å²) in [6.45, 7) is 4.73. The van der Waals surface area contributed by atoms with E-state index in [0.717, 1.165) is 23.4 Å². The molecule has 0 saturated heterocycles. The quantitative estimate of drug-likeness (QED) is 0.830. The second-order valence-corrected chi connectivity index (χ2v) is 4.03. The minimum atomic E-state index is 0.465. The third-order valence-electron chi connectivity index (χ3n) is 2.23. The zero-order valence-electron chi connectivity index (χ0n) is 9.03. The van der Waals surface area contributed by atoms with Gasteiger partial charge in [0.15, 0.2) is 5.89 Å². The van der Waals surface area contributed by atoms with E-state index in [9.17, 15) is 0 Å². The normalized spacial score (nSPS) is 11.5. The van der Waals surface area contributed by atoms with Gasteiger partial charge >= 0.3 is 0 Å². The molecule has 80 valence electrons. The predicted octanol–water partition coefficient (Wildman–Crippen LogP) is 1.88. The van der Waals surface area contributed by atoms with Crippen LogP contribution in [0.2, 0.25) is 0 Å². The summed E-state index contributed by atoms with van der Waals surface area (Å²) in [5, 5.41) is 0. The molecule has 0 bridgehead atoms. The zero-order chi connectivity index (χ0) is 10.8. The molecule has 0 radical (unpaired) electrons. The van der Waals surface area contributed by atoms with Crippen molar-refractivity contribution < 1.29 is 4.42 Å². The number of fused-ring (bicyclic) bond motifs is 1. The molecule has 0 spiro atoms. The largest absolute Gasteiger partial charge is 0.422 e. The number of pyridine rings is 1. The van der Waals surface area contributed by atoms with Crippen LogP contribution in [0.25, 0.3) is 11.2 Å². The van der Waals surface area contributed by atoms with Crippen LogP contribution < -0.4 is 5.73 Å². The molecular formula is C11H15N3O. The van der Waals surface area contributed by atoms with Gasteiger partial charge in [-0.3, -0.25) is 0 Å². The van der Waals surface area contributed by atoms with Crippen LogP contribution in [0.15, 0.2) is 16.7 Å². The van der Waals surface area contributed by atoms with Crippen molar-refractivity contribution in [2.45, 2.75) is 26.8 Å². The van der Waals surface area contributed by atoms with E-state index in [1.54, 1.807) is 6.20 Å². The lowest BCUT2D eigenvalue weighted by molar-refractivity contribution is 0.477. The lowest BCUT2D eigenvalue weighted by Gasteiger charge is -1.96. The van der Waals surface area contributed by atoms with Crippen LogP contribution in [0.1, 0.15) is 25.3 Å². The molecule has 2 N–H and O–H groups in total. The maximum atomic E-state index is 5.62. The van der Waals surface area contributed by atoms with Gasteiger partial charge in [0.1, 0.15) is 5.52 Å². The van der Waals surface area contributed by atoms with E-state index < -0.39 is 0 Å². The highest BCUT2D eigenvalue weighted by Gasteiger charge is 2.10. The number of hydrogen-bond acceptors (Lipinski definition) is 4. The maximum absolute atomic E-state index is 5.62. The standard InChI is InChI=1S/C11H15N3O/c1-7(2)5-9-14-10-8(6-12)3-4-13-11(10)15-9/h3-4,7H,5-6,12H2,1-2H3. The summed E-state index contributed by atoms with van der Waals surface area (Å²) in [6.07, 6.45) is 2.54. The van der Waals surface area contributed by atoms with Gasteiger partial charge in [0.2, 0.25) is 5.71 Å². The molecule has 0 atom stereocenters. The molecule has 0 aliphatic rings. The molecule has 2 rings (SSSR count). The second-order valence-electron chi connectivity index (χ2n) is 4.03. The highest BCUT2D eigenvalue weighted by atomic mass is 16.4. The first-order valence-corrected chi connectivity index (χ1v) is 5.14. The summed E-state index contributed by atoms with van der Waals surface area (Å²) in [7, 11) is 0. The number of hydrogen-bond donors (Lipinski definition) is 1. The van der Waals surface area contributed by atoms with Crippen molar-refractivity contribution in [2.75, 3.05) is 0 Å². The Morgan fingerprint density at radius 1 is 1.47 bits per heavy atom. The van der Waals surface area contributed by atoms with Crippen molar-refractivity contribution in [1.29, 1.82) is 0 Å². The van der Waals surface area contributed by atoms with Crippen LogP contribution in [-0.2, 0) is 13.0 Å². The molecule has 4 nitrogen and oxygen atoms in total. The first-order chi connectivity index (χ1) is 7.20. The Labute approximate surface area is 88.5 Å². The van der Waals surface area contributed by atoms with Crippen molar-refractivity contribution in [1.82, 2.24) is 9.97 Å². The van der Waals surface area contributed by atoms with Crippen molar-refractivity contribution in [3.8, 4) is 0 Å². The average Bonchev–Trinajstić information content (AvgIpc) is 2.58. The van der Waals surface area contributed by atoms with Crippen molar-refractivity contribution in [3.63, 3.8) is 0 Å². The predicted molar refractivity (Wildman–Crippen MR) is 58.2 cm³/mol. The van der Waals surface area contributed by atoms with Crippen LogP contribution in [-0.4, -0.2) is 9.97 Å². The lowest BCUT2D eigenvalue weighted by Crippen LogP contribution is -1.98. The summed E-state index contributed by atoms with van der Waals surface area (Å²) < 4.78 is 5.54. The SMILES string of the molecule is CC(C)Cc1nc2c(CN)ccnc2o1. The van der Waals surface area contributed by atoms with E-state index in [4.69, 9.17) is 10.2 Å². The molecule has 0 saturated carbocycles. The third-order valence-corrected chi connectivity index (χ3v) is 2.23. The minimum Gasteiger partial charge on any atom is -0.422 e. The van der Waals surface area contributed by atoms with E-state index in [0.29, 0.717) is 18.2 Å². The summed E-state index contributed by atoms with van der Waals surface area (Å²) in [5.41, 5.74) is 7.99. The highest BCUT2D eigenvalue weighted by molar-refractivity contribution is 5.72. The Morgan fingerprint density at radius 2 is 2.27 bits per heavy atom. The van der Waals surface area contributed by atoms with Gasteiger partial charge in [-0.2, -0.15) is 0 Å². The summed E-state index contributed by atoms with van der Waals surface area (Å²) in [4.78, 5) is 8.55. The van der Waals surface area contributed by atoms with Crippen LogP contribution >= 0.6 is 0 Å². The third kappa shape index (κ3) is 1.99. The number of nitrogens with zero attached hydrogens (tertiary/aromatic N) is 2. The maximum Gasteiger partial charge on any atom is 0.247 e. The van der Waals surface area contributed by atoms with Gasteiger partial charge in [0.25, 0.3) is 0 Å². The summed E-state index contributed by atoms with van der Waals surface area (Å²) in [5.74, 6) is 1.27. The first kappa shape index (κ1) is 10.1. The Kier molecular flexibility index (Phi) is 2.68. The number of rotatable bonds is 3. The van der Waals surface area contributed by atoms with Gasteiger partial charge < -0.3 is 10.2 Å². The fraction of sp³-hybridized carbons (Fsp3) is 0.455. The molecule has 0 amide bonds. The van der Waals surface area contributed by atoms with E-state index >= 15 is 0 Å². The number of aromatic nitrogens is 2. The molecule has 15 heavy (non-hydrogen) atoms. The second kappa shape index (κ2) is 3.98. The van der Waals surface area contributed by atoms with E-state index in [-0.39, 0.29) is 0 Å². The molecule has 0 aromatic carbocycles. The summed E-state index contributed by atoms with van der Waals surface area (Å²) in [6, 6.07) is 1.88. The molecule has 0 aliphatic heterocycles. The Bertz CT molecular complexity index is 462. The Balaban J connectivity index is 2.45. The van der Waals surface area contributed by atoms with E-state index in [1.165, 1.54) is 0 Å². The van der Waals surface area contributed by atoms with Crippen LogP contribution in [0, 0.1) is 5.92 Å². The molecule has 0 unspecified atom stereocenters. The Morgan fingerprint density at radius 3 is 2.93 bits per heavy atom. The molecule has 2 aromatic rings. The highest BCUT2D eigenvalue weighted by Crippen LogP contribution is 2.18. The first-order valence-electron chi connectivity index (χ1n) is 5.14. The molecule has 0 fully saturated rings. The number of nitrogens with two attached hydrogens (primary N) is 1. The van der Waals surface area contributed by atoms with Gasteiger partial charge in [-0.25, -0.2) is 9.97 Å². The molecular weight excluding hydrogens is 190 g/mol. The van der Waals surface area contributed by atoms with Gasteiger partial charge in [0, 0.05) is 19.2 Å². The van der Waals surface area contributed by atoms with Gasteiger partial charge in [0.05, 0.1) is 0 Å². The molecule has 2 heterocycles. The van der Waals surface area contributed by atoms with E-state index in [1.807, 2.05) is 6.07 Å². The van der Waals surface area contributed by atoms with Crippen molar-refractivity contribution in [2.24, 2.45) is 11.7 Å². The minimum absolute atomic E-state index is 0.465. The van der Waals surface area contributed by atoms with Crippen LogP contribution in [0.3, 0.4) is 0 Å². The van der Waals surface area contributed by atoms with Crippen molar-refractivity contribution in [3.05, 3.63) is 23.7 Å². The Hall–Kier alpha value is -1.42. The van der Waals surface area contributed by atoms with Gasteiger partial charge in [-0.15, -0.1) is 0 Å². The summed E-state index contributed by atoms with van der Waals surface area (Å²) >= 11 is 0. The molecule has 2 aromatic heterocycles. The van der Waals surface area contributed by atoms with Crippen LogP contribution in [0.5, 0.6) is 0 Å². The lowest BCUT2D eigenvalue weighted by atomic mass is 10.1. The van der Waals surface area contributed by atoms with Crippen LogP contribution in [0.4, 0.5) is 0 Å². The number of oxazole rings is 1. The van der Waals surface area contributed by atoms with E-state index in [2.05, 4.69) is 23.8 Å². The zero-order valence-corrected chi connectivity index (χ0v) is 9.03. The van der Waals surface area contributed by atoms with Crippen molar-refractivity contribution >= 4 is 11.2 Å². The topological polar surface area (TPSA) is 64.9 Å². The average molecular weight is 205 g/mol. The molecule has 4 heteroatoms. The smallest absolute Gasteiger partial charge is 0.247 e. The fourth-order valence-corrected chi connectivity index (χ4v) is 1.53. The fourth-order valence-electron chi connectivity index (χ4n) is 1.53. The van der Waals surface area contributed by atoms with Gasteiger partial charge in [-0.1, -0.05) is 13.8 Å². The monoisotopic (exact) mass is 205 g/mol. The van der Waals surface area contributed by atoms with Gasteiger partial charge in [-0.05, 0) is 17.5 Å². The molecule has 0 aliphatic carbocycles.